The van der Waals surface area contributed by atoms with Gasteiger partial charge in [-0.25, -0.2) is 4.39 Å². The maximum absolute atomic E-state index is 13.6. The van der Waals surface area contributed by atoms with Gasteiger partial charge in [0.25, 0.3) is 11.7 Å². The van der Waals surface area contributed by atoms with E-state index in [0.29, 0.717) is 23.5 Å². The SMILES string of the molecule is C=CCOc1ccc(C(O)=C2C(=O)C(=O)N(Cc3ccncc3)[C@H]2c2ccc(F)cc2)cc1. The van der Waals surface area contributed by atoms with Crippen LogP contribution in [0.4, 0.5) is 4.39 Å². The fourth-order valence-corrected chi connectivity index (χ4v) is 3.74. The highest BCUT2D eigenvalue weighted by Gasteiger charge is 2.46. The van der Waals surface area contributed by atoms with Gasteiger partial charge in [0.05, 0.1) is 11.6 Å². The third-order valence-corrected chi connectivity index (χ3v) is 5.32. The molecule has 33 heavy (non-hydrogen) atoms. The van der Waals surface area contributed by atoms with E-state index in [-0.39, 0.29) is 17.9 Å². The van der Waals surface area contributed by atoms with Gasteiger partial charge in [0.15, 0.2) is 0 Å². The normalized spacial score (nSPS) is 17.2. The van der Waals surface area contributed by atoms with Crippen molar-refractivity contribution in [3.05, 3.63) is 114 Å². The van der Waals surface area contributed by atoms with Gasteiger partial charge < -0.3 is 14.7 Å². The van der Waals surface area contributed by atoms with Crippen molar-refractivity contribution in [3.63, 3.8) is 0 Å². The van der Waals surface area contributed by atoms with Crippen LogP contribution >= 0.6 is 0 Å². The maximum Gasteiger partial charge on any atom is 0.295 e. The summed E-state index contributed by atoms with van der Waals surface area (Å²) >= 11 is 0. The van der Waals surface area contributed by atoms with Gasteiger partial charge in [-0.1, -0.05) is 24.8 Å². The van der Waals surface area contributed by atoms with Gasteiger partial charge in [0, 0.05) is 24.5 Å². The van der Waals surface area contributed by atoms with Gasteiger partial charge in [-0.15, -0.1) is 0 Å². The number of pyridine rings is 1. The molecule has 0 bridgehead atoms. The number of nitrogens with zero attached hydrogens (tertiary/aromatic N) is 2. The third kappa shape index (κ3) is 4.52. The van der Waals surface area contributed by atoms with Crippen molar-refractivity contribution in [1.82, 2.24) is 9.88 Å². The molecule has 166 valence electrons. The molecular weight excluding hydrogens is 423 g/mol. The van der Waals surface area contributed by atoms with Crippen molar-refractivity contribution in [2.24, 2.45) is 0 Å². The number of amides is 1. The highest BCUT2D eigenvalue weighted by Crippen LogP contribution is 2.40. The summed E-state index contributed by atoms with van der Waals surface area (Å²) in [7, 11) is 0. The molecule has 0 radical (unpaired) electrons. The van der Waals surface area contributed by atoms with Crippen LogP contribution in [0.3, 0.4) is 0 Å². The fourth-order valence-electron chi connectivity index (χ4n) is 3.74. The summed E-state index contributed by atoms with van der Waals surface area (Å²) in [6, 6.07) is 14.6. The van der Waals surface area contributed by atoms with Crippen molar-refractivity contribution in [3.8, 4) is 5.75 Å². The molecule has 0 spiro atoms. The Morgan fingerprint density at radius 3 is 2.36 bits per heavy atom. The van der Waals surface area contributed by atoms with E-state index in [0.717, 1.165) is 5.56 Å². The Morgan fingerprint density at radius 1 is 1.06 bits per heavy atom. The van der Waals surface area contributed by atoms with Crippen molar-refractivity contribution >= 4 is 17.4 Å². The predicted octanol–water partition coefficient (Wildman–Crippen LogP) is 4.41. The lowest BCUT2D eigenvalue weighted by Crippen LogP contribution is -2.29. The summed E-state index contributed by atoms with van der Waals surface area (Å²) in [6.45, 7) is 4.05. The Bertz CT molecular complexity index is 1210. The largest absolute Gasteiger partial charge is 0.507 e. The first-order valence-electron chi connectivity index (χ1n) is 10.3. The van der Waals surface area contributed by atoms with Crippen LogP contribution in [0.1, 0.15) is 22.7 Å². The number of ether oxygens (including phenoxy) is 1. The molecule has 2 aromatic carbocycles. The highest BCUT2D eigenvalue weighted by molar-refractivity contribution is 6.46. The van der Waals surface area contributed by atoms with Crippen molar-refractivity contribution in [1.29, 1.82) is 0 Å². The summed E-state index contributed by atoms with van der Waals surface area (Å²) in [5.41, 5.74) is 1.58. The van der Waals surface area contributed by atoms with Crippen LogP contribution in [-0.4, -0.2) is 33.3 Å². The second kappa shape index (κ2) is 9.48. The lowest BCUT2D eigenvalue weighted by molar-refractivity contribution is -0.140. The van der Waals surface area contributed by atoms with Crippen LogP contribution in [0.15, 0.2) is 91.3 Å². The number of carbonyl (C=O) groups is 2. The number of ketones is 1. The number of benzene rings is 2. The first kappa shape index (κ1) is 22.0. The minimum Gasteiger partial charge on any atom is -0.507 e. The molecule has 0 saturated carbocycles. The third-order valence-electron chi connectivity index (χ3n) is 5.32. The maximum atomic E-state index is 13.6. The number of rotatable bonds is 7. The monoisotopic (exact) mass is 444 g/mol. The zero-order valence-corrected chi connectivity index (χ0v) is 17.6. The van der Waals surface area contributed by atoms with Gasteiger partial charge in [0.2, 0.25) is 0 Å². The lowest BCUT2D eigenvalue weighted by atomic mass is 9.95. The van der Waals surface area contributed by atoms with E-state index in [4.69, 9.17) is 4.74 Å². The topological polar surface area (TPSA) is 79.7 Å². The number of aliphatic hydroxyl groups excluding tert-OH is 1. The van der Waals surface area contributed by atoms with Crippen molar-refractivity contribution in [2.45, 2.75) is 12.6 Å². The van der Waals surface area contributed by atoms with E-state index in [1.807, 2.05) is 0 Å². The van der Waals surface area contributed by atoms with Gasteiger partial charge in [-0.3, -0.25) is 14.6 Å². The van der Waals surface area contributed by atoms with E-state index in [1.54, 1.807) is 54.9 Å². The molecule has 2 heterocycles. The van der Waals surface area contributed by atoms with Crippen LogP contribution in [-0.2, 0) is 16.1 Å². The number of likely N-dealkylation sites (tertiary alicyclic amines) is 1. The first-order valence-corrected chi connectivity index (χ1v) is 10.3. The fraction of sp³-hybridized carbons (Fsp3) is 0.115. The summed E-state index contributed by atoms with van der Waals surface area (Å²) in [5, 5.41) is 11.1. The smallest absolute Gasteiger partial charge is 0.295 e. The Kier molecular flexibility index (Phi) is 6.31. The number of carbonyl (C=O) groups excluding carboxylic acids is 2. The van der Waals surface area contributed by atoms with Crippen LogP contribution in [0.2, 0.25) is 0 Å². The zero-order valence-electron chi connectivity index (χ0n) is 17.6. The molecule has 1 aliphatic rings. The Hall–Kier alpha value is -4.26. The zero-order chi connectivity index (χ0) is 23.4. The molecule has 7 heteroatoms. The number of aliphatic hydroxyl groups is 1. The van der Waals surface area contributed by atoms with Gasteiger partial charge in [-0.2, -0.15) is 0 Å². The minimum absolute atomic E-state index is 0.0552. The van der Waals surface area contributed by atoms with E-state index >= 15 is 0 Å². The molecule has 1 aromatic heterocycles. The average molecular weight is 444 g/mol. The van der Waals surface area contributed by atoms with Crippen LogP contribution in [0.25, 0.3) is 5.76 Å². The second-order valence-electron chi connectivity index (χ2n) is 7.46. The molecule has 0 unspecified atom stereocenters. The quantitative estimate of drug-likeness (QED) is 0.253. The summed E-state index contributed by atoms with van der Waals surface area (Å²) in [5.74, 6) is -1.73. The Balaban J connectivity index is 1.78. The van der Waals surface area contributed by atoms with Crippen molar-refractivity contribution < 1.29 is 23.8 Å². The molecule has 3 aromatic rings. The summed E-state index contributed by atoms with van der Waals surface area (Å²) in [4.78, 5) is 31.4. The molecule has 1 amide bonds. The highest BCUT2D eigenvalue weighted by atomic mass is 19.1. The van der Waals surface area contributed by atoms with Crippen LogP contribution in [0, 0.1) is 5.82 Å². The molecule has 4 rings (SSSR count). The van der Waals surface area contributed by atoms with Crippen molar-refractivity contribution in [2.75, 3.05) is 6.61 Å². The van der Waals surface area contributed by atoms with E-state index in [2.05, 4.69) is 11.6 Å². The summed E-state index contributed by atoms with van der Waals surface area (Å²) in [6.07, 6.45) is 4.80. The summed E-state index contributed by atoms with van der Waals surface area (Å²) < 4.78 is 19.0. The number of hydrogen-bond donors (Lipinski definition) is 1. The predicted molar refractivity (Wildman–Crippen MR) is 121 cm³/mol. The molecule has 0 aliphatic carbocycles. The minimum atomic E-state index is -0.879. The average Bonchev–Trinajstić information content (AvgIpc) is 3.08. The number of Topliss-reactive ketones (excluding diaryl/α,β-unsaturated/α-hetero) is 1. The lowest BCUT2D eigenvalue weighted by Gasteiger charge is -2.25. The molecule has 1 saturated heterocycles. The molecular formula is C26H21FN2O4. The van der Waals surface area contributed by atoms with Crippen LogP contribution in [0.5, 0.6) is 5.75 Å². The number of halogens is 1. The Labute approximate surface area is 190 Å². The standard InChI is InChI=1S/C26H21FN2O4/c1-2-15-33-21-9-5-19(6-10-21)24(30)22-23(18-3-7-20(27)8-4-18)29(26(32)25(22)31)16-17-11-13-28-14-12-17/h2-14,23,30H,1,15-16H2/t23-/m0/s1. The Morgan fingerprint density at radius 2 is 1.73 bits per heavy atom. The van der Waals surface area contributed by atoms with E-state index in [9.17, 15) is 19.1 Å². The molecule has 1 atom stereocenters. The van der Waals surface area contributed by atoms with Gasteiger partial charge in [-0.05, 0) is 59.7 Å². The molecule has 1 N–H and O–H groups in total. The van der Waals surface area contributed by atoms with Crippen LogP contribution < -0.4 is 4.74 Å². The second-order valence-corrected chi connectivity index (χ2v) is 7.46. The molecule has 1 fully saturated rings. The van der Waals surface area contributed by atoms with E-state index in [1.165, 1.54) is 29.2 Å². The van der Waals surface area contributed by atoms with E-state index < -0.39 is 23.5 Å². The number of aromatic nitrogens is 1. The van der Waals surface area contributed by atoms with Gasteiger partial charge in [0.1, 0.15) is 23.9 Å². The molecule has 6 nitrogen and oxygen atoms in total. The number of hydrogen-bond acceptors (Lipinski definition) is 5. The molecule has 1 aliphatic heterocycles. The first-order chi connectivity index (χ1) is 16.0. The van der Waals surface area contributed by atoms with Gasteiger partial charge >= 0.3 is 0 Å².